The maximum absolute atomic E-state index is 13.0. The fourth-order valence-electron chi connectivity index (χ4n) is 3.34. The molecule has 0 spiro atoms. The molecule has 4 rings (SSSR count). The molecule has 1 aromatic heterocycles. The average molecular weight is 454 g/mol. The zero-order valence-electron chi connectivity index (χ0n) is 16.4. The number of nitrogens with zero attached hydrogens (tertiary/aromatic N) is 2. The normalized spacial score (nSPS) is 11.3. The van der Waals surface area contributed by atoms with Crippen molar-refractivity contribution in [2.45, 2.75) is 13.0 Å². The van der Waals surface area contributed by atoms with Crippen molar-refractivity contribution >= 4 is 46.2 Å². The molecule has 0 atom stereocenters. The highest BCUT2D eigenvalue weighted by atomic mass is 35.5. The van der Waals surface area contributed by atoms with E-state index in [4.69, 9.17) is 23.2 Å². The standard InChI is InChI=1S/C24H18Cl2FN3O/c25-19-8-7-17(22(26)12-19)14-30-15-18(21-3-1-2-4-23(21)30)13-28-29-24(31)11-16-5-9-20(27)10-6-16/h1-10,12-13,15H,11,14H2,(H,29,31)/b28-13+. The molecule has 31 heavy (non-hydrogen) atoms. The van der Waals surface area contributed by atoms with Gasteiger partial charge in [0.2, 0.25) is 5.91 Å². The Kier molecular flexibility index (Phi) is 6.35. The lowest BCUT2D eigenvalue weighted by Crippen LogP contribution is -2.19. The van der Waals surface area contributed by atoms with Gasteiger partial charge in [-0.3, -0.25) is 4.79 Å². The Labute approximate surface area is 188 Å². The Morgan fingerprint density at radius 2 is 1.84 bits per heavy atom. The van der Waals surface area contributed by atoms with Crippen molar-refractivity contribution in [3.63, 3.8) is 0 Å². The number of amides is 1. The molecule has 0 aliphatic heterocycles. The summed E-state index contributed by atoms with van der Waals surface area (Å²) in [4.78, 5) is 12.1. The Bertz CT molecular complexity index is 1270. The van der Waals surface area contributed by atoms with Crippen molar-refractivity contribution in [2.75, 3.05) is 0 Å². The van der Waals surface area contributed by atoms with Crippen LogP contribution in [0.5, 0.6) is 0 Å². The van der Waals surface area contributed by atoms with Crippen LogP contribution in [0.4, 0.5) is 4.39 Å². The first-order valence-electron chi connectivity index (χ1n) is 9.58. The summed E-state index contributed by atoms with van der Waals surface area (Å²) in [6.45, 7) is 0.571. The monoisotopic (exact) mass is 453 g/mol. The third-order valence-electron chi connectivity index (χ3n) is 4.85. The number of halogens is 3. The van der Waals surface area contributed by atoms with Gasteiger partial charge in [0.25, 0.3) is 0 Å². The van der Waals surface area contributed by atoms with Crippen molar-refractivity contribution in [2.24, 2.45) is 5.10 Å². The third-order valence-corrected chi connectivity index (χ3v) is 5.43. The second kappa shape index (κ2) is 9.33. The van der Waals surface area contributed by atoms with Crippen molar-refractivity contribution in [1.82, 2.24) is 9.99 Å². The Morgan fingerprint density at radius 1 is 1.06 bits per heavy atom. The van der Waals surface area contributed by atoms with Crippen LogP contribution < -0.4 is 5.43 Å². The smallest absolute Gasteiger partial charge is 0.244 e. The third kappa shape index (κ3) is 5.13. The van der Waals surface area contributed by atoms with Crippen LogP contribution in [0, 0.1) is 5.82 Å². The van der Waals surface area contributed by atoms with E-state index in [1.54, 1.807) is 24.4 Å². The van der Waals surface area contributed by atoms with E-state index in [2.05, 4.69) is 15.1 Å². The van der Waals surface area contributed by atoms with Crippen molar-refractivity contribution in [3.05, 3.63) is 105 Å². The molecule has 0 unspecified atom stereocenters. The number of carbonyl (C=O) groups excluding carboxylic acids is 1. The second-order valence-corrected chi connectivity index (χ2v) is 7.91. The molecule has 0 aliphatic carbocycles. The van der Waals surface area contributed by atoms with Gasteiger partial charge in [0.15, 0.2) is 0 Å². The van der Waals surface area contributed by atoms with E-state index in [0.717, 1.165) is 22.0 Å². The summed E-state index contributed by atoms with van der Waals surface area (Å²) >= 11 is 12.3. The number of aromatic nitrogens is 1. The molecule has 0 saturated heterocycles. The summed E-state index contributed by atoms with van der Waals surface area (Å²) < 4.78 is 15.1. The van der Waals surface area contributed by atoms with Crippen LogP contribution in [-0.4, -0.2) is 16.7 Å². The lowest BCUT2D eigenvalue weighted by Gasteiger charge is -2.08. The topological polar surface area (TPSA) is 46.4 Å². The number of para-hydroxylation sites is 1. The van der Waals surface area contributed by atoms with Crippen LogP contribution in [0.25, 0.3) is 10.9 Å². The summed E-state index contributed by atoms with van der Waals surface area (Å²) in [5.74, 6) is -0.613. The van der Waals surface area contributed by atoms with E-state index in [1.807, 2.05) is 42.6 Å². The second-order valence-electron chi connectivity index (χ2n) is 7.06. The summed E-state index contributed by atoms with van der Waals surface area (Å²) in [5.41, 5.74) is 6.07. The molecule has 4 nitrogen and oxygen atoms in total. The molecule has 0 saturated carbocycles. The van der Waals surface area contributed by atoms with Gasteiger partial charge in [-0.1, -0.05) is 59.6 Å². The molecular weight excluding hydrogens is 436 g/mol. The highest BCUT2D eigenvalue weighted by molar-refractivity contribution is 6.35. The summed E-state index contributed by atoms with van der Waals surface area (Å²) in [6.07, 6.45) is 3.70. The van der Waals surface area contributed by atoms with Crippen LogP contribution in [-0.2, 0) is 17.8 Å². The van der Waals surface area contributed by atoms with E-state index in [-0.39, 0.29) is 18.1 Å². The van der Waals surface area contributed by atoms with Crippen LogP contribution in [0.3, 0.4) is 0 Å². The number of fused-ring (bicyclic) bond motifs is 1. The van der Waals surface area contributed by atoms with Crippen molar-refractivity contribution < 1.29 is 9.18 Å². The Hall–Kier alpha value is -3.15. The first-order chi connectivity index (χ1) is 15.0. The number of hydrazone groups is 1. The molecular formula is C24H18Cl2FN3O. The van der Waals surface area contributed by atoms with Gasteiger partial charge in [0.05, 0.1) is 12.6 Å². The number of hydrogen-bond donors (Lipinski definition) is 1. The zero-order chi connectivity index (χ0) is 21.8. The van der Waals surface area contributed by atoms with Crippen molar-refractivity contribution in [1.29, 1.82) is 0 Å². The minimum Gasteiger partial charge on any atom is -0.342 e. The molecule has 7 heteroatoms. The van der Waals surface area contributed by atoms with Gasteiger partial charge in [-0.2, -0.15) is 5.10 Å². The number of carbonyl (C=O) groups is 1. The molecule has 1 N–H and O–H groups in total. The van der Waals surface area contributed by atoms with Crippen LogP contribution >= 0.6 is 23.2 Å². The molecule has 4 aromatic rings. The van der Waals surface area contributed by atoms with Gasteiger partial charge in [-0.25, -0.2) is 9.82 Å². The fourth-order valence-corrected chi connectivity index (χ4v) is 3.81. The van der Waals surface area contributed by atoms with Gasteiger partial charge < -0.3 is 4.57 Å². The maximum atomic E-state index is 13.0. The summed E-state index contributed by atoms with van der Waals surface area (Å²) in [6, 6.07) is 19.2. The highest BCUT2D eigenvalue weighted by Crippen LogP contribution is 2.25. The SMILES string of the molecule is O=C(Cc1ccc(F)cc1)N/N=C/c1cn(Cc2ccc(Cl)cc2Cl)c2ccccc12. The lowest BCUT2D eigenvalue weighted by atomic mass is 10.1. The van der Waals surface area contributed by atoms with Gasteiger partial charge in [0, 0.05) is 39.3 Å². The molecule has 1 amide bonds. The maximum Gasteiger partial charge on any atom is 0.244 e. The first kappa shape index (κ1) is 21.1. The lowest BCUT2D eigenvalue weighted by molar-refractivity contribution is -0.120. The van der Waals surface area contributed by atoms with Gasteiger partial charge in [0.1, 0.15) is 5.82 Å². The highest BCUT2D eigenvalue weighted by Gasteiger charge is 2.09. The average Bonchev–Trinajstić information content (AvgIpc) is 3.09. The van der Waals surface area contributed by atoms with Gasteiger partial charge in [-0.05, 0) is 41.5 Å². The number of rotatable bonds is 6. The fraction of sp³-hybridized carbons (Fsp3) is 0.0833. The summed E-state index contributed by atoms with van der Waals surface area (Å²) in [7, 11) is 0. The largest absolute Gasteiger partial charge is 0.342 e. The summed E-state index contributed by atoms with van der Waals surface area (Å²) in [5, 5.41) is 6.30. The number of nitrogens with one attached hydrogen (secondary N) is 1. The molecule has 1 heterocycles. The van der Waals surface area contributed by atoms with Crippen molar-refractivity contribution in [3.8, 4) is 0 Å². The molecule has 0 bridgehead atoms. The van der Waals surface area contributed by atoms with Crippen LogP contribution in [0.2, 0.25) is 10.0 Å². The van der Waals surface area contributed by atoms with Crippen LogP contribution in [0.15, 0.2) is 78.0 Å². The molecule has 156 valence electrons. The van der Waals surface area contributed by atoms with E-state index < -0.39 is 0 Å². The van der Waals surface area contributed by atoms with Gasteiger partial charge >= 0.3 is 0 Å². The predicted octanol–water partition coefficient (Wildman–Crippen LogP) is 5.83. The first-order valence-corrected chi connectivity index (χ1v) is 10.3. The van der Waals surface area contributed by atoms with E-state index in [1.165, 1.54) is 12.1 Å². The van der Waals surface area contributed by atoms with Gasteiger partial charge in [-0.15, -0.1) is 0 Å². The van der Waals surface area contributed by atoms with E-state index in [0.29, 0.717) is 22.2 Å². The number of hydrogen-bond acceptors (Lipinski definition) is 2. The quantitative estimate of drug-likeness (QED) is 0.289. The molecule has 0 fully saturated rings. The number of benzene rings is 3. The predicted molar refractivity (Wildman–Crippen MR) is 123 cm³/mol. The van der Waals surface area contributed by atoms with E-state index in [9.17, 15) is 9.18 Å². The molecule has 3 aromatic carbocycles. The van der Waals surface area contributed by atoms with Crippen LogP contribution in [0.1, 0.15) is 16.7 Å². The Morgan fingerprint density at radius 3 is 2.61 bits per heavy atom. The molecule has 0 aliphatic rings. The minimum atomic E-state index is -0.335. The van der Waals surface area contributed by atoms with E-state index >= 15 is 0 Å². The Balaban J connectivity index is 1.51. The molecule has 0 radical (unpaired) electrons. The minimum absolute atomic E-state index is 0.119. The zero-order valence-corrected chi connectivity index (χ0v) is 17.9.